The van der Waals surface area contributed by atoms with Crippen LogP contribution in [0.4, 0.5) is 4.39 Å². The van der Waals surface area contributed by atoms with E-state index in [1.165, 1.54) is 12.1 Å². The molecule has 0 saturated heterocycles. The molecule has 0 saturated carbocycles. The molecule has 0 fully saturated rings. The number of nitrogens with one attached hydrogen (secondary N) is 1. The van der Waals surface area contributed by atoms with Crippen molar-refractivity contribution in [1.82, 2.24) is 15.1 Å². The number of halogens is 1. The highest BCUT2D eigenvalue weighted by molar-refractivity contribution is 6.06. The first-order chi connectivity index (χ1) is 11.6. The monoisotopic (exact) mass is 348 g/mol. The van der Waals surface area contributed by atoms with E-state index in [0.29, 0.717) is 17.4 Å². The van der Waals surface area contributed by atoms with Crippen LogP contribution in [0.3, 0.4) is 0 Å². The van der Waals surface area contributed by atoms with Gasteiger partial charge in [0, 0.05) is 11.9 Å². The number of nitrogens with two attached hydrogens (primary N) is 1. The Hall–Kier alpha value is -2.44. The molecule has 3 N–H and O–H groups in total. The number of carbonyl (C=O) groups is 2. The largest absolute Gasteiger partial charge is 0.368 e. The standard InChI is InChI=1S/C18H25FN4O2/c1-5-6-9-23-13-8-7-11(19)10-12(13)14(22-23)17(25)21-15(16(20)24)18(2,3)4/h7-8,10,15H,5-6,9H2,1-4H3,(H2,20,24)(H,21,25)/t15-/m1/s1. The highest BCUT2D eigenvalue weighted by Crippen LogP contribution is 2.23. The number of fused-ring (bicyclic) bond motifs is 1. The maximum absolute atomic E-state index is 13.7. The fraction of sp³-hybridized carbons (Fsp3) is 0.500. The first-order valence-corrected chi connectivity index (χ1v) is 8.41. The predicted molar refractivity (Wildman–Crippen MR) is 94.5 cm³/mol. The van der Waals surface area contributed by atoms with Gasteiger partial charge in [-0.1, -0.05) is 34.1 Å². The minimum absolute atomic E-state index is 0.0982. The van der Waals surface area contributed by atoms with Crippen molar-refractivity contribution in [2.75, 3.05) is 0 Å². The van der Waals surface area contributed by atoms with Crippen LogP contribution in [0.5, 0.6) is 0 Å². The minimum Gasteiger partial charge on any atom is -0.368 e. The lowest BCUT2D eigenvalue weighted by Gasteiger charge is -2.28. The molecule has 1 aromatic carbocycles. The van der Waals surface area contributed by atoms with Gasteiger partial charge in [-0.25, -0.2) is 4.39 Å². The zero-order chi connectivity index (χ0) is 18.8. The Balaban J connectivity index is 2.43. The third-order valence-electron chi connectivity index (χ3n) is 4.08. The van der Waals surface area contributed by atoms with Crippen LogP contribution < -0.4 is 11.1 Å². The van der Waals surface area contributed by atoms with Crippen molar-refractivity contribution >= 4 is 22.7 Å². The van der Waals surface area contributed by atoms with Crippen LogP contribution >= 0.6 is 0 Å². The Morgan fingerprint density at radius 2 is 2.04 bits per heavy atom. The van der Waals surface area contributed by atoms with Gasteiger partial charge in [0.2, 0.25) is 5.91 Å². The fourth-order valence-electron chi connectivity index (χ4n) is 2.71. The lowest BCUT2D eigenvalue weighted by Crippen LogP contribution is -2.52. The second kappa shape index (κ2) is 7.21. The quantitative estimate of drug-likeness (QED) is 0.841. The van der Waals surface area contributed by atoms with Gasteiger partial charge in [0.05, 0.1) is 5.52 Å². The molecule has 0 aliphatic rings. The smallest absolute Gasteiger partial charge is 0.273 e. The molecule has 2 aromatic rings. The molecule has 136 valence electrons. The van der Waals surface area contributed by atoms with Gasteiger partial charge in [0.15, 0.2) is 5.69 Å². The van der Waals surface area contributed by atoms with Gasteiger partial charge in [0.25, 0.3) is 5.91 Å². The molecule has 0 aliphatic carbocycles. The normalized spacial score (nSPS) is 13.0. The summed E-state index contributed by atoms with van der Waals surface area (Å²) in [5.74, 6) is -1.61. The molecule has 7 heteroatoms. The van der Waals surface area contributed by atoms with E-state index >= 15 is 0 Å². The van der Waals surface area contributed by atoms with E-state index in [2.05, 4.69) is 17.3 Å². The van der Waals surface area contributed by atoms with Gasteiger partial charge in [-0.15, -0.1) is 0 Å². The highest BCUT2D eigenvalue weighted by atomic mass is 19.1. The number of unbranched alkanes of at least 4 members (excludes halogenated alkanes) is 1. The molecule has 2 rings (SSSR count). The number of nitrogens with zero attached hydrogens (tertiary/aromatic N) is 2. The SMILES string of the molecule is CCCCn1nc(C(=O)N[C@H](C(N)=O)C(C)(C)C)c2cc(F)ccc21. The number of primary amides is 1. The summed E-state index contributed by atoms with van der Waals surface area (Å²) in [6.45, 7) is 8.10. The molecule has 25 heavy (non-hydrogen) atoms. The van der Waals surface area contributed by atoms with Gasteiger partial charge in [0.1, 0.15) is 11.9 Å². The second-order valence-electron chi connectivity index (χ2n) is 7.26. The molecule has 1 heterocycles. The minimum atomic E-state index is -0.857. The van der Waals surface area contributed by atoms with Crippen molar-refractivity contribution < 1.29 is 14.0 Å². The Morgan fingerprint density at radius 1 is 1.36 bits per heavy atom. The molecule has 0 aliphatic heterocycles. The number of hydrogen-bond donors (Lipinski definition) is 2. The number of aromatic nitrogens is 2. The molecule has 0 bridgehead atoms. The van der Waals surface area contributed by atoms with Crippen molar-refractivity contribution in [2.24, 2.45) is 11.1 Å². The summed E-state index contributed by atoms with van der Waals surface area (Å²) in [7, 11) is 0. The summed E-state index contributed by atoms with van der Waals surface area (Å²) in [6, 6.07) is 3.38. The maximum atomic E-state index is 13.7. The van der Waals surface area contributed by atoms with Crippen LogP contribution in [0.25, 0.3) is 10.9 Å². The topological polar surface area (TPSA) is 90.0 Å². The van der Waals surface area contributed by atoms with E-state index < -0.39 is 29.1 Å². The number of rotatable bonds is 6. The molecular weight excluding hydrogens is 323 g/mol. The molecule has 1 aromatic heterocycles. The molecule has 2 amide bonds. The van der Waals surface area contributed by atoms with Gasteiger partial charge in [-0.3, -0.25) is 14.3 Å². The number of hydrogen-bond acceptors (Lipinski definition) is 3. The van der Waals surface area contributed by atoms with Crippen molar-refractivity contribution in [3.8, 4) is 0 Å². The van der Waals surface area contributed by atoms with Crippen LogP contribution in [0.15, 0.2) is 18.2 Å². The van der Waals surface area contributed by atoms with Crippen LogP contribution in [0.1, 0.15) is 51.0 Å². The van der Waals surface area contributed by atoms with Crippen LogP contribution in [-0.4, -0.2) is 27.6 Å². The number of amides is 2. The van der Waals surface area contributed by atoms with E-state index in [-0.39, 0.29) is 5.69 Å². The van der Waals surface area contributed by atoms with Crippen LogP contribution in [0.2, 0.25) is 0 Å². The Bertz CT molecular complexity index is 792. The van der Waals surface area contributed by atoms with Crippen LogP contribution in [-0.2, 0) is 11.3 Å². The van der Waals surface area contributed by atoms with Crippen molar-refractivity contribution in [2.45, 2.75) is 53.1 Å². The number of aryl methyl sites for hydroxylation is 1. The highest BCUT2D eigenvalue weighted by Gasteiger charge is 2.32. The van der Waals surface area contributed by atoms with E-state index in [4.69, 9.17) is 5.73 Å². The molecular formula is C18H25FN4O2. The molecule has 1 atom stereocenters. The maximum Gasteiger partial charge on any atom is 0.273 e. The molecule has 6 nitrogen and oxygen atoms in total. The fourth-order valence-corrected chi connectivity index (χ4v) is 2.71. The summed E-state index contributed by atoms with van der Waals surface area (Å²) in [6.07, 6.45) is 1.86. The average molecular weight is 348 g/mol. The number of carbonyl (C=O) groups excluding carboxylic acids is 2. The molecule has 0 unspecified atom stereocenters. The van der Waals surface area contributed by atoms with Gasteiger partial charge < -0.3 is 11.1 Å². The zero-order valence-corrected chi connectivity index (χ0v) is 15.1. The zero-order valence-electron chi connectivity index (χ0n) is 15.1. The Labute approximate surface area is 146 Å². The number of benzene rings is 1. The van der Waals surface area contributed by atoms with E-state index in [1.807, 2.05) is 0 Å². The lowest BCUT2D eigenvalue weighted by atomic mass is 9.86. The summed E-state index contributed by atoms with van der Waals surface area (Å²) < 4.78 is 15.4. The van der Waals surface area contributed by atoms with Crippen LogP contribution in [0, 0.1) is 11.2 Å². The van der Waals surface area contributed by atoms with E-state index in [9.17, 15) is 14.0 Å². The summed E-state index contributed by atoms with van der Waals surface area (Å²) >= 11 is 0. The second-order valence-corrected chi connectivity index (χ2v) is 7.26. The van der Waals surface area contributed by atoms with Gasteiger partial charge >= 0.3 is 0 Å². The first kappa shape index (κ1) is 18.9. The summed E-state index contributed by atoms with van der Waals surface area (Å²) in [4.78, 5) is 24.4. The van der Waals surface area contributed by atoms with Gasteiger partial charge in [-0.2, -0.15) is 5.10 Å². The Morgan fingerprint density at radius 3 is 2.60 bits per heavy atom. The molecule has 0 spiro atoms. The Kier molecular flexibility index (Phi) is 5.45. The molecule has 0 radical (unpaired) electrons. The third kappa shape index (κ3) is 4.15. The van der Waals surface area contributed by atoms with Crippen molar-refractivity contribution in [3.05, 3.63) is 29.7 Å². The average Bonchev–Trinajstić information content (AvgIpc) is 2.86. The van der Waals surface area contributed by atoms with E-state index in [0.717, 1.165) is 12.8 Å². The third-order valence-corrected chi connectivity index (χ3v) is 4.08. The lowest BCUT2D eigenvalue weighted by molar-refractivity contribution is -0.122. The summed E-state index contributed by atoms with van der Waals surface area (Å²) in [5, 5.41) is 7.41. The van der Waals surface area contributed by atoms with Crippen molar-refractivity contribution in [3.63, 3.8) is 0 Å². The summed E-state index contributed by atoms with van der Waals surface area (Å²) in [5.41, 5.74) is 5.65. The van der Waals surface area contributed by atoms with Gasteiger partial charge in [-0.05, 0) is 30.0 Å². The first-order valence-electron chi connectivity index (χ1n) is 8.41. The predicted octanol–water partition coefficient (Wildman–Crippen LogP) is 2.61. The van der Waals surface area contributed by atoms with E-state index in [1.54, 1.807) is 31.5 Å². The van der Waals surface area contributed by atoms with Crippen molar-refractivity contribution in [1.29, 1.82) is 0 Å².